The Bertz CT molecular complexity index is 712. The van der Waals surface area contributed by atoms with Crippen LogP contribution in [-0.4, -0.2) is 32.6 Å². The predicted molar refractivity (Wildman–Crippen MR) is 77.4 cm³/mol. The number of halogens is 1. The zero-order valence-electron chi connectivity index (χ0n) is 11.2. The van der Waals surface area contributed by atoms with Crippen molar-refractivity contribution >= 4 is 27.6 Å². The Morgan fingerprint density at radius 2 is 1.57 bits per heavy atom. The fourth-order valence-electron chi connectivity index (χ4n) is 1.45. The van der Waals surface area contributed by atoms with Gasteiger partial charge in [-0.1, -0.05) is 11.6 Å². The molecule has 0 amide bonds. The number of methoxy groups -OCH3 is 2. The van der Waals surface area contributed by atoms with Gasteiger partial charge in [-0.25, -0.2) is 13.1 Å². The van der Waals surface area contributed by atoms with E-state index in [2.05, 4.69) is 14.7 Å². The summed E-state index contributed by atoms with van der Waals surface area (Å²) in [6, 6.07) is 7.14. The van der Waals surface area contributed by atoms with Crippen LogP contribution in [-0.2, 0) is 10.0 Å². The zero-order chi connectivity index (χ0) is 15.5. The molecule has 0 aliphatic heterocycles. The Hall–Kier alpha value is -2.06. The number of ether oxygens (including phenoxy) is 2. The lowest BCUT2D eigenvalue weighted by Crippen LogP contribution is -2.15. The maximum absolute atomic E-state index is 12.2. The van der Waals surface area contributed by atoms with Crippen LogP contribution in [0.3, 0.4) is 0 Å². The summed E-state index contributed by atoms with van der Waals surface area (Å²) < 4.78 is 36.5. The van der Waals surface area contributed by atoms with Crippen molar-refractivity contribution in [2.24, 2.45) is 0 Å². The molecule has 0 atom stereocenters. The van der Waals surface area contributed by atoms with Gasteiger partial charge in [0.15, 0.2) is 0 Å². The smallest absolute Gasteiger partial charge is 0.264 e. The molecule has 21 heavy (non-hydrogen) atoms. The van der Waals surface area contributed by atoms with E-state index in [1.165, 1.54) is 44.6 Å². The van der Waals surface area contributed by atoms with Gasteiger partial charge in [0, 0.05) is 5.02 Å². The minimum Gasteiger partial charge on any atom is -0.481 e. The maximum atomic E-state index is 12.2. The molecule has 0 saturated heterocycles. The van der Waals surface area contributed by atoms with Crippen LogP contribution in [0, 0.1) is 0 Å². The van der Waals surface area contributed by atoms with Gasteiger partial charge in [0.25, 0.3) is 10.0 Å². The Morgan fingerprint density at radius 3 is 2.05 bits per heavy atom. The van der Waals surface area contributed by atoms with Gasteiger partial charge >= 0.3 is 0 Å². The van der Waals surface area contributed by atoms with Gasteiger partial charge in [-0.05, 0) is 24.3 Å². The summed E-state index contributed by atoms with van der Waals surface area (Å²) in [5.74, 6) is 0.201. The summed E-state index contributed by atoms with van der Waals surface area (Å²) in [4.78, 5) is 7.84. The molecule has 1 heterocycles. The molecule has 0 aliphatic carbocycles. The van der Waals surface area contributed by atoms with E-state index in [1.54, 1.807) is 0 Å². The monoisotopic (exact) mass is 329 g/mol. The molecule has 1 N–H and O–H groups in total. The van der Waals surface area contributed by atoms with Crippen molar-refractivity contribution in [3.05, 3.63) is 35.4 Å². The van der Waals surface area contributed by atoms with Crippen LogP contribution in [0.5, 0.6) is 11.8 Å². The Balaban J connectivity index is 2.34. The van der Waals surface area contributed by atoms with Gasteiger partial charge in [-0.15, -0.1) is 0 Å². The Kier molecular flexibility index (Phi) is 4.49. The third-order valence-electron chi connectivity index (χ3n) is 2.45. The molecule has 0 spiro atoms. The Labute approximate surface area is 126 Å². The van der Waals surface area contributed by atoms with Gasteiger partial charge < -0.3 is 9.47 Å². The first kappa shape index (κ1) is 15.3. The number of rotatable bonds is 5. The predicted octanol–water partition coefficient (Wildman–Crippen LogP) is 1.95. The van der Waals surface area contributed by atoms with Crippen LogP contribution < -0.4 is 14.2 Å². The van der Waals surface area contributed by atoms with Crippen LogP contribution in [0.4, 0.5) is 5.95 Å². The highest BCUT2D eigenvalue weighted by atomic mass is 35.5. The van der Waals surface area contributed by atoms with Crippen molar-refractivity contribution < 1.29 is 17.9 Å². The van der Waals surface area contributed by atoms with Crippen molar-refractivity contribution in [2.75, 3.05) is 18.9 Å². The summed E-state index contributed by atoms with van der Waals surface area (Å²) in [5, 5.41) is 0.438. The van der Waals surface area contributed by atoms with Crippen LogP contribution in [0.1, 0.15) is 0 Å². The van der Waals surface area contributed by atoms with E-state index in [0.29, 0.717) is 5.02 Å². The second kappa shape index (κ2) is 6.15. The minimum absolute atomic E-state index is 0.0392. The molecule has 2 aromatic rings. The maximum Gasteiger partial charge on any atom is 0.264 e. The van der Waals surface area contributed by atoms with Crippen LogP contribution in [0.2, 0.25) is 5.02 Å². The lowest BCUT2D eigenvalue weighted by atomic mass is 10.4. The SMILES string of the molecule is COc1cc(OC)nc(NS(=O)(=O)c2ccc(Cl)cc2)n1. The van der Waals surface area contributed by atoms with Crippen molar-refractivity contribution in [3.8, 4) is 11.8 Å². The van der Waals surface area contributed by atoms with E-state index < -0.39 is 10.0 Å². The first-order chi connectivity index (χ1) is 9.94. The second-order valence-corrected chi connectivity index (χ2v) is 5.95. The number of nitrogens with zero attached hydrogens (tertiary/aromatic N) is 2. The molecule has 0 radical (unpaired) electrons. The van der Waals surface area contributed by atoms with E-state index in [-0.39, 0.29) is 22.6 Å². The number of hydrogen-bond acceptors (Lipinski definition) is 6. The molecule has 2 rings (SSSR count). The van der Waals surface area contributed by atoms with Crippen molar-refractivity contribution in [3.63, 3.8) is 0 Å². The number of benzene rings is 1. The number of sulfonamides is 1. The number of hydrogen-bond donors (Lipinski definition) is 1. The van der Waals surface area contributed by atoms with E-state index in [4.69, 9.17) is 21.1 Å². The highest BCUT2D eigenvalue weighted by molar-refractivity contribution is 7.92. The van der Waals surface area contributed by atoms with E-state index in [0.717, 1.165) is 0 Å². The quantitative estimate of drug-likeness (QED) is 0.901. The molecular weight excluding hydrogens is 318 g/mol. The summed E-state index contributed by atoms with van der Waals surface area (Å²) in [6.07, 6.45) is 0. The fraction of sp³-hybridized carbons (Fsp3) is 0.167. The third kappa shape index (κ3) is 3.73. The fourth-order valence-corrected chi connectivity index (χ4v) is 2.52. The summed E-state index contributed by atoms with van der Waals surface area (Å²) >= 11 is 5.73. The molecule has 0 fully saturated rings. The standard InChI is InChI=1S/C12H12ClN3O4S/c1-19-10-7-11(20-2)15-12(14-10)16-21(17,18)9-5-3-8(13)4-6-9/h3-7H,1-2H3,(H,14,15,16). The van der Waals surface area contributed by atoms with E-state index in [9.17, 15) is 8.42 Å². The van der Waals surface area contributed by atoms with Gasteiger partial charge in [-0.2, -0.15) is 9.97 Å². The lowest BCUT2D eigenvalue weighted by molar-refractivity contribution is 0.373. The zero-order valence-corrected chi connectivity index (χ0v) is 12.8. The molecule has 0 unspecified atom stereocenters. The Morgan fingerprint density at radius 1 is 1.05 bits per heavy atom. The van der Waals surface area contributed by atoms with Gasteiger partial charge in [0.1, 0.15) is 0 Å². The topological polar surface area (TPSA) is 90.4 Å². The molecule has 112 valence electrons. The largest absolute Gasteiger partial charge is 0.481 e. The third-order valence-corrected chi connectivity index (χ3v) is 4.04. The van der Waals surface area contributed by atoms with Crippen LogP contribution >= 0.6 is 11.6 Å². The second-order valence-electron chi connectivity index (χ2n) is 3.84. The molecule has 7 nitrogen and oxygen atoms in total. The summed E-state index contributed by atoms with van der Waals surface area (Å²) in [5.41, 5.74) is 0. The van der Waals surface area contributed by atoms with Crippen LogP contribution in [0.25, 0.3) is 0 Å². The lowest BCUT2D eigenvalue weighted by Gasteiger charge is -2.09. The first-order valence-electron chi connectivity index (χ1n) is 5.70. The molecule has 0 bridgehead atoms. The van der Waals surface area contributed by atoms with E-state index >= 15 is 0 Å². The van der Waals surface area contributed by atoms with Crippen molar-refractivity contribution in [1.29, 1.82) is 0 Å². The number of anilines is 1. The minimum atomic E-state index is -3.82. The number of nitrogens with one attached hydrogen (secondary N) is 1. The average Bonchev–Trinajstić information content (AvgIpc) is 2.46. The summed E-state index contributed by atoms with van der Waals surface area (Å²) in [7, 11) is -1.02. The van der Waals surface area contributed by atoms with Crippen LogP contribution in [0.15, 0.2) is 35.2 Å². The highest BCUT2D eigenvalue weighted by Gasteiger charge is 2.17. The highest BCUT2D eigenvalue weighted by Crippen LogP contribution is 2.20. The average molecular weight is 330 g/mol. The number of aromatic nitrogens is 2. The molecule has 0 saturated carbocycles. The van der Waals surface area contributed by atoms with Gasteiger partial charge in [0.05, 0.1) is 25.2 Å². The van der Waals surface area contributed by atoms with Crippen molar-refractivity contribution in [1.82, 2.24) is 9.97 Å². The molecule has 0 aliphatic rings. The van der Waals surface area contributed by atoms with Crippen molar-refractivity contribution in [2.45, 2.75) is 4.90 Å². The molecular formula is C12H12ClN3O4S. The van der Waals surface area contributed by atoms with Gasteiger partial charge in [-0.3, -0.25) is 0 Å². The first-order valence-corrected chi connectivity index (χ1v) is 7.56. The molecule has 1 aromatic carbocycles. The normalized spacial score (nSPS) is 11.0. The molecule has 1 aromatic heterocycles. The van der Waals surface area contributed by atoms with E-state index in [1.807, 2.05) is 0 Å². The summed E-state index contributed by atoms with van der Waals surface area (Å²) in [6.45, 7) is 0. The molecule has 9 heteroatoms. The van der Waals surface area contributed by atoms with Gasteiger partial charge in [0.2, 0.25) is 17.7 Å².